The van der Waals surface area contributed by atoms with Crippen molar-refractivity contribution >= 4 is 10.8 Å². The highest BCUT2D eigenvalue weighted by Gasteiger charge is 2.53. The zero-order chi connectivity index (χ0) is 35.9. The van der Waals surface area contributed by atoms with Crippen LogP contribution in [0, 0.1) is 0 Å². The molecule has 1 heterocycles. The maximum atomic E-state index is 6.93. The van der Waals surface area contributed by atoms with Crippen LogP contribution in [0.1, 0.15) is 44.5 Å². The molecule has 55 heavy (non-hydrogen) atoms. The monoisotopic (exact) mass is 696 g/mol. The lowest BCUT2D eigenvalue weighted by atomic mass is 9.66. The Balaban J connectivity index is 1.07. The van der Waals surface area contributed by atoms with E-state index in [1.165, 1.54) is 94.2 Å². The molecule has 4 aliphatic rings. The summed E-state index contributed by atoms with van der Waals surface area (Å²) in [6, 6.07) is 72.3. The highest BCUT2D eigenvalue weighted by atomic mass is 16.5. The summed E-state index contributed by atoms with van der Waals surface area (Å²) in [5.41, 5.74) is 19.7. The third kappa shape index (κ3) is 3.46. The summed E-state index contributed by atoms with van der Waals surface area (Å²) in [5.74, 6) is 1.82. The van der Waals surface area contributed by atoms with E-state index in [2.05, 4.69) is 194 Å². The van der Waals surface area contributed by atoms with Gasteiger partial charge in [0.1, 0.15) is 11.5 Å². The molecule has 1 aliphatic heterocycles. The fraction of sp³-hybridized carbons (Fsp3) is 0.0370. The topological polar surface area (TPSA) is 9.23 Å². The van der Waals surface area contributed by atoms with Crippen molar-refractivity contribution in [2.24, 2.45) is 0 Å². The molecule has 1 atom stereocenters. The van der Waals surface area contributed by atoms with Crippen molar-refractivity contribution in [1.29, 1.82) is 0 Å². The lowest BCUT2D eigenvalue weighted by Gasteiger charge is -2.39. The average molecular weight is 697 g/mol. The van der Waals surface area contributed by atoms with Gasteiger partial charge in [-0.25, -0.2) is 0 Å². The van der Waals surface area contributed by atoms with Gasteiger partial charge in [0.2, 0.25) is 0 Å². The van der Waals surface area contributed by atoms with E-state index in [-0.39, 0.29) is 0 Å². The van der Waals surface area contributed by atoms with Crippen molar-refractivity contribution in [3.63, 3.8) is 0 Å². The molecule has 3 aliphatic carbocycles. The Hall–Kier alpha value is -6.96. The molecular formula is C54H32O. The van der Waals surface area contributed by atoms with Crippen molar-refractivity contribution in [1.82, 2.24) is 0 Å². The average Bonchev–Trinajstić information content (AvgIpc) is 3.84. The van der Waals surface area contributed by atoms with Crippen LogP contribution in [-0.4, -0.2) is 0 Å². The quantitative estimate of drug-likeness (QED) is 0.166. The van der Waals surface area contributed by atoms with Crippen LogP contribution in [0.3, 0.4) is 0 Å². The normalized spacial score (nSPS) is 16.7. The highest BCUT2D eigenvalue weighted by molar-refractivity contribution is 6.04. The number of hydrogen-bond acceptors (Lipinski definition) is 1. The predicted molar refractivity (Wildman–Crippen MR) is 223 cm³/mol. The fourth-order valence-corrected chi connectivity index (χ4v) is 11.1. The number of hydrogen-bond donors (Lipinski definition) is 0. The van der Waals surface area contributed by atoms with Gasteiger partial charge >= 0.3 is 0 Å². The second-order valence-corrected chi connectivity index (χ2v) is 15.5. The van der Waals surface area contributed by atoms with E-state index >= 15 is 0 Å². The van der Waals surface area contributed by atoms with Gasteiger partial charge in [-0.05, 0) is 107 Å². The van der Waals surface area contributed by atoms with Crippen LogP contribution in [-0.2, 0) is 10.8 Å². The minimum atomic E-state index is -0.474. The van der Waals surface area contributed by atoms with Crippen molar-refractivity contribution < 1.29 is 4.74 Å². The number of rotatable bonds is 1. The van der Waals surface area contributed by atoms with Gasteiger partial charge < -0.3 is 4.74 Å². The Bertz CT molecular complexity index is 3090. The summed E-state index contributed by atoms with van der Waals surface area (Å²) >= 11 is 0. The first kappa shape index (κ1) is 29.5. The second kappa shape index (κ2) is 10.4. The van der Waals surface area contributed by atoms with Crippen LogP contribution in [0.15, 0.2) is 194 Å². The van der Waals surface area contributed by atoms with Crippen LogP contribution in [0.25, 0.3) is 55.3 Å². The van der Waals surface area contributed by atoms with Gasteiger partial charge in [0, 0.05) is 11.1 Å². The summed E-state index contributed by atoms with van der Waals surface area (Å²) in [7, 11) is 0. The van der Waals surface area contributed by atoms with Gasteiger partial charge in [-0.1, -0.05) is 176 Å². The Morgan fingerprint density at radius 3 is 1.45 bits per heavy atom. The minimum Gasteiger partial charge on any atom is -0.457 e. The van der Waals surface area contributed by atoms with E-state index in [0.717, 1.165) is 17.1 Å². The van der Waals surface area contributed by atoms with Crippen molar-refractivity contribution in [3.05, 3.63) is 239 Å². The minimum absolute atomic E-state index is 0.445. The molecule has 1 unspecified atom stereocenters. The van der Waals surface area contributed by atoms with Crippen molar-refractivity contribution in [2.45, 2.75) is 10.8 Å². The van der Waals surface area contributed by atoms with E-state index in [4.69, 9.17) is 4.74 Å². The first-order valence-corrected chi connectivity index (χ1v) is 19.3. The third-order valence-corrected chi connectivity index (χ3v) is 13.2. The second-order valence-electron chi connectivity index (χ2n) is 15.5. The van der Waals surface area contributed by atoms with Gasteiger partial charge in [-0.15, -0.1) is 0 Å². The van der Waals surface area contributed by atoms with Gasteiger partial charge in [0.15, 0.2) is 0 Å². The first-order chi connectivity index (χ1) is 27.3. The van der Waals surface area contributed by atoms with Crippen LogP contribution >= 0.6 is 0 Å². The third-order valence-electron chi connectivity index (χ3n) is 13.2. The molecule has 0 fully saturated rings. The molecule has 0 saturated heterocycles. The van der Waals surface area contributed by atoms with Gasteiger partial charge in [0.05, 0.1) is 10.8 Å². The summed E-state index contributed by atoms with van der Waals surface area (Å²) < 4.78 is 6.93. The van der Waals surface area contributed by atoms with Gasteiger partial charge in [-0.3, -0.25) is 0 Å². The molecule has 2 spiro atoms. The molecule has 0 saturated carbocycles. The number of para-hydroxylation sites is 1. The van der Waals surface area contributed by atoms with Crippen LogP contribution in [0.2, 0.25) is 0 Å². The Morgan fingerprint density at radius 2 is 0.764 bits per heavy atom. The Labute approximate surface area is 319 Å². The SMILES string of the molecule is c1ccc2c(c1)Oc1cc(-c3ccc4c(c3)C3(c5ccccc5-4)c4ccccc4-c4ccc5ccccc5c43)ccc1C21c2ccccc2-c2ccccc21. The lowest BCUT2D eigenvalue weighted by molar-refractivity contribution is 0.436. The smallest absolute Gasteiger partial charge is 0.132 e. The maximum Gasteiger partial charge on any atom is 0.132 e. The molecule has 1 nitrogen and oxygen atoms in total. The van der Waals surface area contributed by atoms with Crippen LogP contribution in [0.4, 0.5) is 0 Å². The summed E-state index contributed by atoms with van der Waals surface area (Å²) in [6.45, 7) is 0. The van der Waals surface area contributed by atoms with Crippen molar-refractivity contribution in [2.75, 3.05) is 0 Å². The zero-order valence-electron chi connectivity index (χ0n) is 29.9. The molecule has 254 valence electrons. The van der Waals surface area contributed by atoms with E-state index in [0.29, 0.717) is 0 Å². The number of ether oxygens (including phenoxy) is 1. The molecular weight excluding hydrogens is 665 g/mol. The van der Waals surface area contributed by atoms with Crippen molar-refractivity contribution in [3.8, 4) is 56.0 Å². The van der Waals surface area contributed by atoms with E-state index in [1.54, 1.807) is 0 Å². The lowest BCUT2D eigenvalue weighted by Crippen LogP contribution is -2.32. The molecule has 9 aromatic rings. The Kier molecular flexibility index (Phi) is 5.56. The number of benzene rings is 9. The van der Waals surface area contributed by atoms with Crippen LogP contribution < -0.4 is 4.74 Å². The Morgan fingerprint density at radius 1 is 0.291 bits per heavy atom. The largest absolute Gasteiger partial charge is 0.457 e. The summed E-state index contributed by atoms with van der Waals surface area (Å²) in [5, 5.41) is 2.58. The van der Waals surface area contributed by atoms with Crippen LogP contribution in [0.5, 0.6) is 11.5 Å². The van der Waals surface area contributed by atoms with E-state index in [1.807, 2.05) is 0 Å². The standard InChI is InChI=1S/C54H32O/c1-2-14-36-33(13-1)25-29-42-40-18-6-10-22-46(40)54(52(36)42)45-21-9-5-17-39(45)41-28-26-34(31-49(41)54)35-27-30-48-51(32-35)55-50-24-12-11-23-47(50)53(48)43-19-7-3-15-37(43)38-16-4-8-20-44(38)53/h1-32H. The first-order valence-electron chi connectivity index (χ1n) is 19.3. The van der Waals surface area contributed by atoms with E-state index in [9.17, 15) is 0 Å². The predicted octanol–water partition coefficient (Wildman–Crippen LogP) is 13.3. The molecule has 0 bridgehead atoms. The van der Waals surface area contributed by atoms with E-state index < -0.39 is 10.8 Å². The highest BCUT2D eigenvalue weighted by Crippen LogP contribution is 2.65. The molecule has 13 rings (SSSR count). The fourth-order valence-electron chi connectivity index (χ4n) is 11.1. The molecule has 0 amide bonds. The molecule has 0 aromatic heterocycles. The molecule has 1 heteroatoms. The maximum absolute atomic E-state index is 6.93. The summed E-state index contributed by atoms with van der Waals surface area (Å²) in [4.78, 5) is 0. The molecule has 0 N–H and O–H groups in total. The summed E-state index contributed by atoms with van der Waals surface area (Å²) in [6.07, 6.45) is 0. The van der Waals surface area contributed by atoms with Gasteiger partial charge in [0.25, 0.3) is 0 Å². The number of fused-ring (bicyclic) bond motifs is 21. The molecule has 0 radical (unpaired) electrons. The molecule has 9 aromatic carbocycles. The van der Waals surface area contributed by atoms with Gasteiger partial charge in [-0.2, -0.15) is 0 Å². The zero-order valence-corrected chi connectivity index (χ0v) is 29.9.